The Hall–Kier alpha value is -2.86. The molecule has 27 heavy (non-hydrogen) atoms. The third kappa shape index (κ3) is 4.46. The molecule has 3 aromatic rings. The number of fused-ring (bicyclic) bond motifs is 1. The van der Waals surface area contributed by atoms with Gasteiger partial charge in [-0.1, -0.05) is 18.2 Å². The van der Waals surface area contributed by atoms with Crippen LogP contribution in [-0.2, 0) is 17.9 Å². The summed E-state index contributed by atoms with van der Waals surface area (Å²) in [5, 5.41) is 3.89. The molecule has 3 heterocycles. The third-order valence-electron chi connectivity index (χ3n) is 4.69. The van der Waals surface area contributed by atoms with Gasteiger partial charge >= 0.3 is 0 Å². The second-order valence-electron chi connectivity index (χ2n) is 6.91. The van der Waals surface area contributed by atoms with E-state index in [0.29, 0.717) is 6.54 Å². The molecule has 2 aromatic heterocycles. The number of nitrogens with one attached hydrogen (secondary N) is 1. The fourth-order valence-electron chi connectivity index (χ4n) is 3.41. The van der Waals surface area contributed by atoms with Crippen LogP contribution in [0, 0.1) is 0 Å². The quantitative estimate of drug-likeness (QED) is 0.727. The number of hydrogen-bond donors (Lipinski definition) is 1. The highest BCUT2D eigenvalue weighted by Gasteiger charge is 2.25. The highest BCUT2D eigenvalue weighted by molar-refractivity contribution is 5.77. The Labute approximate surface area is 158 Å². The molecule has 1 atom stereocenters. The monoisotopic (exact) mass is 365 g/mol. The van der Waals surface area contributed by atoms with E-state index in [1.54, 1.807) is 6.20 Å². The molecule has 1 saturated heterocycles. The maximum atomic E-state index is 11.0. The number of hydrogen-bond acceptors (Lipinski definition) is 5. The van der Waals surface area contributed by atoms with Crippen LogP contribution >= 0.6 is 0 Å². The van der Waals surface area contributed by atoms with Crippen LogP contribution in [0.3, 0.4) is 0 Å². The van der Waals surface area contributed by atoms with Crippen molar-refractivity contribution in [2.45, 2.75) is 32.5 Å². The number of aromatic nitrogens is 1. The molecule has 1 amide bonds. The predicted molar refractivity (Wildman–Crippen MR) is 102 cm³/mol. The van der Waals surface area contributed by atoms with Crippen molar-refractivity contribution in [3.8, 4) is 5.75 Å². The maximum Gasteiger partial charge on any atom is 0.217 e. The Morgan fingerprint density at radius 1 is 1.33 bits per heavy atom. The minimum absolute atomic E-state index is 0.0693. The average Bonchev–Trinajstić information content (AvgIpc) is 3.26. The van der Waals surface area contributed by atoms with Gasteiger partial charge in [-0.2, -0.15) is 0 Å². The molecular weight excluding hydrogens is 342 g/mol. The summed E-state index contributed by atoms with van der Waals surface area (Å²) in [6.45, 7) is 4.54. The zero-order valence-electron chi connectivity index (χ0n) is 15.4. The molecule has 6 nitrogen and oxygen atoms in total. The molecule has 1 aliphatic rings. The van der Waals surface area contributed by atoms with Gasteiger partial charge in [0.2, 0.25) is 5.91 Å². The number of furan rings is 1. The van der Waals surface area contributed by atoms with E-state index in [9.17, 15) is 4.79 Å². The lowest BCUT2D eigenvalue weighted by Crippen LogP contribution is -2.24. The van der Waals surface area contributed by atoms with Gasteiger partial charge < -0.3 is 14.5 Å². The van der Waals surface area contributed by atoms with Crippen LogP contribution in [0.5, 0.6) is 5.75 Å². The van der Waals surface area contributed by atoms with Crippen LogP contribution < -0.4 is 10.1 Å². The van der Waals surface area contributed by atoms with E-state index < -0.39 is 0 Å². The number of ether oxygens (including phenoxy) is 1. The summed E-state index contributed by atoms with van der Waals surface area (Å²) in [5.74, 6) is 1.71. The average molecular weight is 365 g/mol. The van der Waals surface area contributed by atoms with Gasteiger partial charge in [-0.05, 0) is 24.6 Å². The van der Waals surface area contributed by atoms with Gasteiger partial charge in [0.25, 0.3) is 0 Å². The van der Waals surface area contributed by atoms with Gasteiger partial charge in [-0.25, -0.2) is 0 Å². The summed E-state index contributed by atoms with van der Waals surface area (Å²) in [6.07, 6.45) is 2.84. The molecule has 1 N–H and O–H groups in total. The molecule has 1 aromatic carbocycles. The summed E-state index contributed by atoms with van der Waals surface area (Å²) in [4.78, 5) is 17.6. The Morgan fingerprint density at radius 3 is 3.07 bits per heavy atom. The van der Waals surface area contributed by atoms with Crippen molar-refractivity contribution in [1.29, 1.82) is 0 Å². The summed E-state index contributed by atoms with van der Waals surface area (Å²) in [5.41, 5.74) is 1.72. The second kappa shape index (κ2) is 7.80. The molecular formula is C21H23N3O3. The number of amides is 1. The number of benzene rings is 1. The van der Waals surface area contributed by atoms with E-state index in [-0.39, 0.29) is 12.0 Å². The molecule has 0 radical (unpaired) electrons. The number of para-hydroxylation sites is 1. The number of carbonyl (C=O) groups excluding carboxylic acids is 1. The van der Waals surface area contributed by atoms with Crippen LogP contribution in [0.1, 0.15) is 24.8 Å². The highest BCUT2D eigenvalue weighted by Crippen LogP contribution is 2.23. The Bertz CT molecular complexity index is 904. The van der Waals surface area contributed by atoms with Crippen molar-refractivity contribution in [2.24, 2.45) is 0 Å². The minimum Gasteiger partial charge on any atom is -0.489 e. The van der Waals surface area contributed by atoms with Crippen LogP contribution in [0.15, 0.2) is 53.1 Å². The van der Waals surface area contributed by atoms with Gasteiger partial charge in [0.1, 0.15) is 23.2 Å². The lowest BCUT2D eigenvalue weighted by molar-refractivity contribution is -0.119. The molecule has 6 heteroatoms. The molecule has 1 aliphatic heterocycles. The van der Waals surface area contributed by atoms with E-state index in [0.717, 1.165) is 54.2 Å². The number of likely N-dealkylation sites (tertiary alicyclic amines) is 1. The fourth-order valence-corrected chi connectivity index (χ4v) is 3.41. The standard InChI is InChI=1S/C21H23N3O3/c1-15(25)23-12-17-11-18(6-8-22-17)26-19-7-9-24(13-19)14-20-10-16-4-2-3-5-21(16)27-20/h2-6,8,10-11,19H,7,9,12-14H2,1H3,(H,23,25). The van der Waals surface area contributed by atoms with Crippen LogP contribution in [0.4, 0.5) is 0 Å². The first-order valence-corrected chi connectivity index (χ1v) is 9.21. The SMILES string of the molecule is CC(=O)NCc1cc(OC2CCN(Cc3cc4ccccc4o3)C2)ccn1. The zero-order valence-corrected chi connectivity index (χ0v) is 15.4. The molecule has 0 aliphatic carbocycles. The lowest BCUT2D eigenvalue weighted by atomic mass is 10.2. The first-order chi connectivity index (χ1) is 13.2. The number of carbonyl (C=O) groups is 1. The third-order valence-corrected chi connectivity index (χ3v) is 4.69. The summed E-state index contributed by atoms with van der Waals surface area (Å²) in [6, 6.07) is 13.9. The van der Waals surface area contributed by atoms with Gasteiger partial charge in [0, 0.05) is 37.7 Å². The number of nitrogens with zero attached hydrogens (tertiary/aromatic N) is 2. The van der Waals surface area contributed by atoms with Gasteiger partial charge in [0.05, 0.1) is 18.8 Å². The summed E-state index contributed by atoms with van der Waals surface area (Å²) >= 11 is 0. The second-order valence-corrected chi connectivity index (χ2v) is 6.91. The van der Waals surface area contributed by atoms with Crippen LogP contribution in [-0.4, -0.2) is 35.0 Å². The largest absolute Gasteiger partial charge is 0.489 e. The van der Waals surface area contributed by atoms with Crippen LogP contribution in [0.25, 0.3) is 11.0 Å². The number of pyridine rings is 1. The van der Waals surface area contributed by atoms with Crippen molar-refractivity contribution in [1.82, 2.24) is 15.2 Å². The van der Waals surface area contributed by atoms with Gasteiger partial charge in [0.15, 0.2) is 0 Å². The highest BCUT2D eigenvalue weighted by atomic mass is 16.5. The first kappa shape index (κ1) is 17.5. The number of rotatable bonds is 6. The molecule has 0 bridgehead atoms. The van der Waals surface area contributed by atoms with E-state index in [4.69, 9.17) is 9.15 Å². The maximum absolute atomic E-state index is 11.0. The molecule has 0 spiro atoms. The molecule has 4 rings (SSSR count). The van der Waals surface area contributed by atoms with E-state index in [1.807, 2.05) is 30.3 Å². The smallest absolute Gasteiger partial charge is 0.217 e. The zero-order chi connectivity index (χ0) is 18.6. The van der Waals surface area contributed by atoms with E-state index >= 15 is 0 Å². The summed E-state index contributed by atoms with van der Waals surface area (Å²) in [7, 11) is 0. The summed E-state index contributed by atoms with van der Waals surface area (Å²) < 4.78 is 12.0. The van der Waals surface area contributed by atoms with Crippen LogP contribution in [0.2, 0.25) is 0 Å². The van der Waals surface area contributed by atoms with Crippen molar-refractivity contribution in [3.63, 3.8) is 0 Å². The molecule has 1 fully saturated rings. The van der Waals surface area contributed by atoms with E-state index in [1.165, 1.54) is 6.92 Å². The first-order valence-electron chi connectivity index (χ1n) is 9.21. The lowest BCUT2D eigenvalue weighted by Gasteiger charge is -2.16. The molecule has 1 unspecified atom stereocenters. The van der Waals surface area contributed by atoms with Crippen molar-refractivity contribution in [3.05, 3.63) is 60.1 Å². The predicted octanol–water partition coefficient (Wildman–Crippen LogP) is 3.12. The Morgan fingerprint density at radius 2 is 2.22 bits per heavy atom. The molecule has 140 valence electrons. The van der Waals surface area contributed by atoms with E-state index in [2.05, 4.69) is 27.3 Å². The van der Waals surface area contributed by atoms with Crippen molar-refractivity contribution < 1.29 is 13.9 Å². The van der Waals surface area contributed by atoms with Crippen molar-refractivity contribution >= 4 is 16.9 Å². The fraction of sp³-hybridized carbons (Fsp3) is 0.333. The normalized spacial score (nSPS) is 17.3. The minimum atomic E-state index is -0.0693. The van der Waals surface area contributed by atoms with Gasteiger partial charge in [-0.3, -0.25) is 14.7 Å². The molecule has 0 saturated carbocycles. The topological polar surface area (TPSA) is 67.6 Å². The van der Waals surface area contributed by atoms with Crippen molar-refractivity contribution in [2.75, 3.05) is 13.1 Å². The Balaban J connectivity index is 1.33. The Kier molecular flexibility index (Phi) is 5.07. The van der Waals surface area contributed by atoms with Gasteiger partial charge in [-0.15, -0.1) is 0 Å².